The first-order valence-electron chi connectivity index (χ1n) is 5.08. The van der Waals surface area contributed by atoms with Crippen LogP contribution >= 0.6 is 11.6 Å². The first-order valence-corrected chi connectivity index (χ1v) is 5.46. The lowest BCUT2D eigenvalue weighted by Gasteiger charge is -2.19. The van der Waals surface area contributed by atoms with E-state index in [0.717, 1.165) is 0 Å². The minimum atomic E-state index is -0.330. The van der Waals surface area contributed by atoms with Crippen molar-refractivity contribution in [2.24, 2.45) is 0 Å². The minimum Gasteiger partial charge on any atom is -0.377 e. The molecule has 1 N–H and O–H groups in total. The normalized spacial score (nSPS) is 10.8. The first-order chi connectivity index (χ1) is 7.52. The molecule has 0 saturated carbocycles. The molecular weight excluding hydrogens is 230 g/mol. The van der Waals surface area contributed by atoms with E-state index in [1.165, 1.54) is 6.33 Å². The number of halogens is 1. The van der Waals surface area contributed by atoms with E-state index in [1.54, 1.807) is 4.90 Å². The quantitative estimate of drug-likeness (QED) is 0.849. The summed E-state index contributed by atoms with van der Waals surface area (Å²) in [6.07, 6.45) is 1.53. The van der Waals surface area contributed by atoms with Crippen LogP contribution in [0.5, 0.6) is 0 Å². The van der Waals surface area contributed by atoms with Gasteiger partial charge in [-0.15, -0.1) is 0 Å². The van der Waals surface area contributed by atoms with Gasteiger partial charge < -0.3 is 14.6 Å². The summed E-state index contributed by atoms with van der Waals surface area (Å²) < 4.78 is 5.41. The standard InChI is InChI=1S/C10H16ClN3O2/c1-7(2)16-5-4-14(3)9-8(11)10(15)13-6-12-9/h6-7H,4-5H2,1-3H3,(H,12,13,15). The highest BCUT2D eigenvalue weighted by atomic mass is 35.5. The lowest BCUT2D eigenvalue weighted by Crippen LogP contribution is -2.26. The summed E-state index contributed by atoms with van der Waals surface area (Å²) in [6.45, 7) is 5.14. The third kappa shape index (κ3) is 3.50. The molecule has 0 saturated heterocycles. The third-order valence-electron chi connectivity index (χ3n) is 2.02. The van der Waals surface area contributed by atoms with Crippen molar-refractivity contribution in [1.29, 1.82) is 0 Å². The topological polar surface area (TPSA) is 58.2 Å². The van der Waals surface area contributed by atoms with E-state index < -0.39 is 0 Å². The molecule has 0 amide bonds. The Hall–Kier alpha value is -1.07. The molecule has 0 unspecified atom stereocenters. The van der Waals surface area contributed by atoms with Crippen LogP contribution in [0.25, 0.3) is 0 Å². The number of nitrogens with zero attached hydrogens (tertiary/aromatic N) is 2. The zero-order chi connectivity index (χ0) is 12.1. The Bertz CT molecular complexity index is 392. The zero-order valence-corrected chi connectivity index (χ0v) is 10.4. The van der Waals surface area contributed by atoms with E-state index in [2.05, 4.69) is 9.97 Å². The van der Waals surface area contributed by atoms with Crippen molar-refractivity contribution in [1.82, 2.24) is 9.97 Å². The number of hydrogen-bond acceptors (Lipinski definition) is 4. The zero-order valence-electron chi connectivity index (χ0n) is 9.66. The molecule has 0 fully saturated rings. The van der Waals surface area contributed by atoms with E-state index in [0.29, 0.717) is 19.0 Å². The van der Waals surface area contributed by atoms with Gasteiger partial charge in [0.1, 0.15) is 5.02 Å². The lowest BCUT2D eigenvalue weighted by atomic mass is 10.4. The maximum atomic E-state index is 11.2. The van der Waals surface area contributed by atoms with E-state index in [4.69, 9.17) is 16.3 Å². The van der Waals surface area contributed by atoms with Crippen molar-refractivity contribution >= 4 is 17.4 Å². The molecule has 0 aliphatic carbocycles. The van der Waals surface area contributed by atoms with Gasteiger partial charge in [0.15, 0.2) is 5.82 Å². The summed E-state index contributed by atoms with van der Waals surface area (Å²) >= 11 is 5.84. The molecule has 0 atom stereocenters. The van der Waals surface area contributed by atoms with Crippen LogP contribution in [-0.4, -0.2) is 36.3 Å². The second-order valence-corrected chi connectivity index (χ2v) is 4.09. The van der Waals surface area contributed by atoms with Crippen LogP contribution in [0.2, 0.25) is 5.02 Å². The van der Waals surface area contributed by atoms with Crippen LogP contribution < -0.4 is 10.5 Å². The summed E-state index contributed by atoms with van der Waals surface area (Å²) in [5, 5.41) is 0.106. The Kier molecular flexibility index (Phi) is 4.76. The molecule has 1 aromatic heterocycles. The molecule has 1 aromatic rings. The van der Waals surface area contributed by atoms with Crippen LogP contribution in [0.1, 0.15) is 13.8 Å². The van der Waals surface area contributed by atoms with E-state index >= 15 is 0 Å². The monoisotopic (exact) mass is 245 g/mol. The van der Waals surface area contributed by atoms with Crippen molar-refractivity contribution in [3.05, 3.63) is 21.7 Å². The van der Waals surface area contributed by atoms with Gasteiger partial charge in [0, 0.05) is 13.6 Å². The van der Waals surface area contributed by atoms with E-state index in [9.17, 15) is 4.79 Å². The number of aromatic amines is 1. The number of nitrogens with one attached hydrogen (secondary N) is 1. The van der Waals surface area contributed by atoms with Gasteiger partial charge >= 0.3 is 0 Å². The molecule has 90 valence electrons. The predicted octanol–water partition coefficient (Wildman–Crippen LogP) is 1.28. The minimum absolute atomic E-state index is 0.106. The van der Waals surface area contributed by atoms with Crippen LogP contribution in [0.4, 0.5) is 5.82 Å². The fraction of sp³-hybridized carbons (Fsp3) is 0.600. The highest BCUT2D eigenvalue weighted by Crippen LogP contribution is 2.15. The number of aromatic nitrogens is 2. The maximum Gasteiger partial charge on any atom is 0.271 e. The average molecular weight is 246 g/mol. The second kappa shape index (κ2) is 5.86. The van der Waals surface area contributed by atoms with Gasteiger partial charge in [-0.25, -0.2) is 4.98 Å². The molecule has 1 rings (SSSR count). The number of anilines is 1. The number of rotatable bonds is 5. The van der Waals surface area contributed by atoms with Crippen molar-refractivity contribution < 1.29 is 4.74 Å². The molecule has 0 bridgehead atoms. The predicted molar refractivity (Wildman–Crippen MR) is 64.2 cm³/mol. The van der Waals surface area contributed by atoms with E-state index in [1.807, 2.05) is 20.9 Å². The van der Waals surface area contributed by atoms with E-state index in [-0.39, 0.29) is 16.7 Å². The van der Waals surface area contributed by atoms with Crippen LogP contribution in [0.15, 0.2) is 11.1 Å². The second-order valence-electron chi connectivity index (χ2n) is 3.71. The number of hydrogen-bond donors (Lipinski definition) is 1. The smallest absolute Gasteiger partial charge is 0.271 e. The summed E-state index contributed by atoms with van der Waals surface area (Å²) in [6, 6.07) is 0. The Morgan fingerprint density at radius 1 is 1.62 bits per heavy atom. The Balaban J connectivity index is 2.62. The van der Waals surface area contributed by atoms with Gasteiger partial charge in [-0.3, -0.25) is 4.79 Å². The summed E-state index contributed by atoms with van der Waals surface area (Å²) in [7, 11) is 1.82. The van der Waals surface area contributed by atoms with Crippen LogP contribution in [0.3, 0.4) is 0 Å². The highest BCUT2D eigenvalue weighted by molar-refractivity contribution is 6.32. The van der Waals surface area contributed by atoms with Crippen molar-refractivity contribution in [3.63, 3.8) is 0 Å². The van der Waals surface area contributed by atoms with Gasteiger partial charge in [-0.2, -0.15) is 0 Å². The molecule has 0 aromatic carbocycles. The number of H-pyrrole nitrogens is 1. The Morgan fingerprint density at radius 3 is 2.94 bits per heavy atom. The highest BCUT2D eigenvalue weighted by Gasteiger charge is 2.10. The fourth-order valence-electron chi connectivity index (χ4n) is 1.17. The molecule has 0 aliphatic heterocycles. The molecule has 6 heteroatoms. The summed E-state index contributed by atoms with van der Waals surface area (Å²) in [5.41, 5.74) is -0.330. The molecule has 0 spiro atoms. The number of likely N-dealkylation sites (N-methyl/N-ethyl adjacent to an activating group) is 1. The summed E-state index contributed by atoms with van der Waals surface area (Å²) in [4.78, 5) is 19.5. The summed E-state index contributed by atoms with van der Waals surface area (Å²) in [5.74, 6) is 0.470. The van der Waals surface area contributed by atoms with Gasteiger partial charge in [-0.1, -0.05) is 11.6 Å². The molecule has 0 radical (unpaired) electrons. The van der Waals surface area contributed by atoms with Gasteiger partial charge in [0.25, 0.3) is 5.56 Å². The Morgan fingerprint density at radius 2 is 2.31 bits per heavy atom. The van der Waals surface area contributed by atoms with Gasteiger partial charge in [0.05, 0.1) is 19.0 Å². The largest absolute Gasteiger partial charge is 0.377 e. The van der Waals surface area contributed by atoms with Crippen LogP contribution in [0, 0.1) is 0 Å². The maximum absolute atomic E-state index is 11.2. The molecule has 1 heterocycles. The molecule has 16 heavy (non-hydrogen) atoms. The SMILES string of the molecule is CC(C)OCCN(C)c1nc[nH]c(=O)c1Cl. The first kappa shape index (κ1) is 13.0. The van der Waals surface area contributed by atoms with Crippen molar-refractivity contribution in [2.45, 2.75) is 20.0 Å². The lowest BCUT2D eigenvalue weighted by molar-refractivity contribution is 0.0845. The van der Waals surface area contributed by atoms with Gasteiger partial charge in [-0.05, 0) is 13.8 Å². The average Bonchev–Trinajstić information content (AvgIpc) is 2.21. The molecular formula is C10H16ClN3O2. The van der Waals surface area contributed by atoms with Crippen molar-refractivity contribution in [3.8, 4) is 0 Å². The number of ether oxygens (including phenoxy) is 1. The van der Waals surface area contributed by atoms with Crippen molar-refractivity contribution in [2.75, 3.05) is 25.1 Å². The molecule has 0 aliphatic rings. The van der Waals surface area contributed by atoms with Crippen LogP contribution in [-0.2, 0) is 4.74 Å². The van der Waals surface area contributed by atoms with Gasteiger partial charge in [0.2, 0.25) is 0 Å². The fourth-order valence-corrected chi connectivity index (χ4v) is 1.42. The third-order valence-corrected chi connectivity index (χ3v) is 2.36. The Labute approximate surface area is 99.4 Å². The molecule has 5 nitrogen and oxygen atoms in total.